The summed E-state index contributed by atoms with van der Waals surface area (Å²) in [6.07, 6.45) is 0. The molecule has 3 rings (SSSR count). The molecule has 0 spiro atoms. The van der Waals surface area contributed by atoms with Gasteiger partial charge in [-0.3, -0.25) is 4.79 Å². The Morgan fingerprint density at radius 2 is 2.05 bits per heavy atom. The van der Waals surface area contributed by atoms with Gasteiger partial charge in [-0.15, -0.1) is 0 Å². The molecule has 2 heterocycles. The molecule has 0 saturated carbocycles. The lowest BCUT2D eigenvalue weighted by atomic mass is 9.88. The molecule has 1 aromatic rings. The quantitative estimate of drug-likeness (QED) is 0.907. The summed E-state index contributed by atoms with van der Waals surface area (Å²) < 4.78 is 11.1. The van der Waals surface area contributed by atoms with E-state index in [-0.39, 0.29) is 11.8 Å². The average molecular weight is 290 g/mol. The highest BCUT2D eigenvalue weighted by Crippen LogP contribution is 2.31. The molecule has 21 heavy (non-hydrogen) atoms. The van der Waals surface area contributed by atoms with E-state index in [1.54, 1.807) is 4.90 Å². The number of carbonyl (C=O) groups is 1. The first kappa shape index (κ1) is 14.2. The second-order valence-electron chi connectivity index (χ2n) is 5.88. The molecule has 1 fully saturated rings. The van der Waals surface area contributed by atoms with Crippen molar-refractivity contribution < 1.29 is 14.3 Å². The number of nitrogens with one attached hydrogen (secondary N) is 1. The van der Waals surface area contributed by atoms with E-state index in [4.69, 9.17) is 9.47 Å². The molecule has 1 N–H and O–H groups in total. The summed E-state index contributed by atoms with van der Waals surface area (Å²) in [5, 5.41) is 3.22. The summed E-state index contributed by atoms with van der Waals surface area (Å²) in [5.41, 5.74) is 1.06. The van der Waals surface area contributed by atoms with Crippen LogP contribution >= 0.6 is 0 Å². The van der Waals surface area contributed by atoms with Crippen molar-refractivity contribution in [3.05, 3.63) is 23.8 Å². The van der Waals surface area contributed by atoms with Crippen molar-refractivity contribution in [1.82, 2.24) is 10.2 Å². The highest BCUT2D eigenvalue weighted by Gasteiger charge is 2.30. The van der Waals surface area contributed by atoms with Crippen LogP contribution in [-0.4, -0.2) is 44.2 Å². The van der Waals surface area contributed by atoms with Gasteiger partial charge in [-0.05, 0) is 36.7 Å². The fourth-order valence-corrected chi connectivity index (χ4v) is 2.75. The SMILES string of the molecule is CC(C(=O)N(C)Cc1ccc2c(c1)OCCO2)C1CNC1. The van der Waals surface area contributed by atoms with Crippen LogP contribution in [0.2, 0.25) is 0 Å². The van der Waals surface area contributed by atoms with Crippen molar-refractivity contribution in [2.75, 3.05) is 33.4 Å². The predicted octanol–water partition coefficient (Wildman–Crippen LogP) is 1.27. The minimum Gasteiger partial charge on any atom is -0.486 e. The summed E-state index contributed by atoms with van der Waals surface area (Å²) in [5.74, 6) is 2.31. The molecule has 0 bridgehead atoms. The Morgan fingerprint density at radius 3 is 2.71 bits per heavy atom. The molecule has 2 aliphatic heterocycles. The van der Waals surface area contributed by atoms with Crippen LogP contribution in [0.15, 0.2) is 18.2 Å². The maximum atomic E-state index is 12.4. The fraction of sp³-hybridized carbons (Fsp3) is 0.562. The summed E-state index contributed by atoms with van der Waals surface area (Å²) in [6.45, 7) is 5.69. The number of hydrogen-bond acceptors (Lipinski definition) is 4. The van der Waals surface area contributed by atoms with Gasteiger partial charge in [0.15, 0.2) is 11.5 Å². The van der Waals surface area contributed by atoms with Gasteiger partial charge in [0.1, 0.15) is 13.2 Å². The zero-order valence-electron chi connectivity index (χ0n) is 12.6. The summed E-state index contributed by atoms with van der Waals surface area (Å²) in [7, 11) is 1.86. The van der Waals surface area contributed by atoms with Crippen LogP contribution < -0.4 is 14.8 Å². The molecule has 1 unspecified atom stereocenters. The van der Waals surface area contributed by atoms with Gasteiger partial charge in [0.05, 0.1) is 0 Å². The van der Waals surface area contributed by atoms with Crippen LogP contribution in [0.1, 0.15) is 12.5 Å². The monoisotopic (exact) mass is 290 g/mol. The van der Waals surface area contributed by atoms with Crippen LogP contribution in [0, 0.1) is 11.8 Å². The third-order valence-corrected chi connectivity index (χ3v) is 4.31. The molecule has 5 nitrogen and oxygen atoms in total. The highest BCUT2D eigenvalue weighted by atomic mass is 16.6. The predicted molar refractivity (Wildman–Crippen MR) is 79.4 cm³/mol. The molecule has 0 aliphatic carbocycles. The smallest absolute Gasteiger partial charge is 0.225 e. The average Bonchev–Trinajstić information content (AvgIpc) is 2.44. The van der Waals surface area contributed by atoms with E-state index in [1.807, 2.05) is 32.2 Å². The van der Waals surface area contributed by atoms with Gasteiger partial charge < -0.3 is 19.7 Å². The van der Waals surface area contributed by atoms with Crippen molar-refractivity contribution in [2.24, 2.45) is 11.8 Å². The Bertz CT molecular complexity index is 528. The fourth-order valence-electron chi connectivity index (χ4n) is 2.75. The van der Waals surface area contributed by atoms with Crippen LogP contribution in [-0.2, 0) is 11.3 Å². The molecule has 5 heteroatoms. The van der Waals surface area contributed by atoms with E-state index in [0.717, 1.165) is 30.2 Å². The van der Waals surface area contributed by atoms with Crippen LogP contribution in [0.3, 0.4) is 0 Å². The van der Waals surface area contributed by atoms with Gasteiger partial charge in [0.25, 0.3) is 0 Å². The zero-order valence-corrected chi connectivity index (χ0v) is 12.6. The van der Waals surface area contributed by atoms with Gasteiger partial charge >= 0.3 is 0 Å². The maximum Gasteiger partial charge on any atom is 0.225 e. The second-order valence-corrected chi connectivity index (χ2v) is 5.88. The Labute approximate surface area is 125 Å². The molecule has 1 saturated heterocycles. The molecule has 0 aromatic heterocycles. The molecule has 1 amide bonds. The number of carbonyl (C=O) groups excluding carboxylic acids is 1. The molecule has 2 aliphatic rings. The molecule has 0 radical (unpaired) electrons. The lowest BCUT2D eigenvalue weighted by Crippen LogP contribution is -2.49. The summed E-state index contributed by atoms with van der Waals surface area (Å²) >= 11 is 0. The Hall–Kier alpha value is -1.75. The van der Waals surface area contributed by atoms with Crippen LogP contribution in [0.5, 0.6) is 11.5 Å². The third kappa shape index (κ3) is 2.97. The minimum atomic E-state index is 0.0773. The Morgan fingerprint density at radius 1 is 1.33 bits per heavy atom. The lowest BCUT2D eigenvalue weighted by Gasteiger charge is -2.34. The van der Waals surface area contributed by atoms with E-state index >= 15 is 0 Å². The molecule has 1 aromatic carbocycles. The summed E-state index contributed by atoms with van der Waals surface area (Å²) in [6, 6.07) is 5.88. The van der Waals surface area contributed by atoms with Crippen molar-refractivity contribution in [1.29, 1.82) is 0 Å². The number of amides is 1. The van der Waals surface area contributed by atoms with Gasteiger partial charge in [0.2, 0.25) is 5.91 Å². The van der Waals surface area contributed by atoms with Gasteiger partial charge in [-0.25, -0.2) is 0 Å². The van der Waals surface area contributed by atoms with Crippen LogP contribution in [0.25, 0.3) is 0 Å². The number of nitrogens with zero attached hydrogens (tertiary/aromatic N) is 1. The number of benzene rings is 1. The van der Waals surface area contributed by atoms with E-state index in [2.05, 4.69) is 5.32 Å². The molecular formula is C16H22N2O3. The number of hydrogen-bond donors (Lipinski definition) is 1. The standard InChI is InChI=1S/C16H22N2O3/c1-11(13-8-17-9-13)16(19)18(2)10-12-3-4-14-15(7-12)21-6-5-20-14/h3-4,7,11,13,17H,5-6,8-10H2,1-2H3. The zero-order chi connectivity index (χ0) is 14.8. The van der Waals surface area contributed by atoms with Crippen molar-refractivity contribution in [3.63, 3.8) is 0 Å². The number of fused-ring (bicyclic) bond motifs is 1. The topological polar surface area (TPSA) is 50.8 Å². The minimum absolute atomic E-state index is 0.0773. The molecular weight excluding hydrogens is 268 g/mol. The van der Waals surface area contributed by atoms with E-state index < -0.39 is 0 Å². The largest absolute Gasteiger partial charge is 0.486 e. The van der Waals surface area contributed by atoms with E-state index in [0.29, 0.717) is 25.7 Å². The highest BCUT2D eigenvalue weighted by molar-refractivity contribution is 5.78. The van der Waals surface area contributed by atoms with Crippen molar-refractivity contribution in [3.8, 4) is 11.5 Å². The lowest BCUT2D eigenvalue weighted by molar-refractivity contribution is -0.136. The van der Waals surface area contributed by atoms with E-state index in [9.17, 15) is 4.79 Å². The first-order valence-corrected chi connectivity index (χ1v) is 7.49. The third-order valence-electron chi connectivity index (χ3n) is 4.31. The number of ether oxygens (including phenoxy) is 2. The Balaban J connectivity index is 1.63. The first-order valence-electron chi connectivity index (χ1n) is 7.49. The number of rotatable bonds is 4. The second kappa shape index (κ2) is 5.93. The van der Waals surface area contributed by atoms with Crippen LogP contribution in [0.4, 0.5) is 0 Å². The van der Waals surface area contributed by atoms with Gasteiger partial charge in [-0.2, -0.15) is 0 Å². The molecule has 1 atom stereocenters. The normalized spacial score (nSPS) is 18.8. The van der Waals surface area contributed by atoms with E-state index in [1.165, 1.54) is 0 Å². The van der Waals surface area contributed by atoms with Gasteiger partial charge in [-0.1, -0.05) is 13.0 Å². The summed E-state index contributed by atoms with van der Waals surface area (Å²) in [4.78, 5) is 14.2. The van der Waals surface area contributed by atoms with Gasteiger partial charge in [0, 0.05) is 19.5 Å². The Kier molecular flexibility index (Phi) is 4.01. The first-order chi connectivity index (χ1) is 10.1. The maximum absolute atomic E-state index is 12.4. The van der Waals surface area contributed by atoms with Crippen molar-refractivity contribution >= 4 is 5.91 Å². The molecule has 114 valence electrons. The van der Waals surface area contributed by atoms with Crippen molar-refractivity contribution in [2.45, 2.75) is 13.5 Å².